The Morgan fingerprint density at radius 3 is 2.44 bits per heavy atom. The van der Waals surface area contributed by atoms with Crippen molar-refractivity contribution < 1.29 is 9.90 Å². The van der Waals surface area contributed by atoms with Gasteiger partial charge in [0.1, 0.15) is 6.04 Å². The third-order valence-corrected chi connectivity index (χ3v) is 6.05. The standard InChI is InChI=1S/C25H25N5O2/c31-24(32)23(29-14-7-15-30(17-16-29)25-26-12-6-13-27-25)21-19-10-4-5-11-20(19)28-22(21)18-8-2-1-3-9-18/h1-6,8-13,23,28H,7,14-17H2,(H,31,32)/t23-/m1/s1. The highest BCUT2D eigenvalue weighted by atomic mass is 16.4. The van der Waals surface area contributed by atoms with Crippen LogP contribution in [0.3, 0.4) is 0 Å². The second-order valence-corrected chi connectivity index (χ2v) is 7.99. The third kappa shape index (κ3) is 3.83. The zero-order chi connectivity index (χ0) is 21.9. The predicted molar refractivity (Wildman–Crippen MR) is 125 cm³/mol. The lowest BCUT2D eigenvalue weighted by atomic mass is 9.97. The van der Waals surface area contributed by atoms with Gasteiger partial charge in [-0.2, -0.15) is 0 Å². The van der Waals surface area contributed by atoms with Gasteiger partial charge in [-0.1, -0.05) is 48.5 Å². The lowest BCUT2D eigenvalue weighted by Crippen LogP contribution is -2.37. The van der Waals surface area contributed by atoms with Gasteiger partial charge in [-0.25, -0.2) is 9.97 Å². The van der Waals surface area contributed by atoms with Crippen LogP contribution in [-0.2, 0) is 4.79 Å². The van der Waals surface area contributed by atoms with Crippen molar-refractivity contribution in [3.8, 4) is 11.3 Å². The van der Waals surface area contributed by atoms with E-state index in [9.17, 15) is 9.90 Å². The van der Waals surface area contributed by atoms with Crippen LogP contribution in [0.5, 0.6) is 0 Å². The van der Waals surface area contributed by atoms with E-state index < -0.39 is 12.0 Å². The van der Waals surface area contributed by atoms with Crippen LogP contribution in [-0.4, -0.2) is 57.1 Å². The van der Waals surface area contributed by atoms with Crippen LogP contribution in [0.25, 0.3) is 22.2 Å². The van der Waals surface area contributed by atoms with Crippen molar-refractivity contribution >= 4 is 22.8 Å². The molecule has 0 unspecified atom stereocenters. The highest BCUT2D eigenvalue weighted by Crippen LogP contribution is 2.38. The molecule has 2 N–H and O–H groups in total. The summed E-state index contributed by atoms with van der Waals surface area (Å²) in [6.45, 7) is 2.78. The Morgan fingerprint density at radius 2 is 1.66 bits per heavy atom. The second kappa shape index (κ2) is 8.80. The lowest BCUT2D eigenvalue weighted by Gasteiger charge is -2.28. The molecule has 0 radical (unpaired) electrons. The molecule has 1 aliphatic rings. The van der Waals surface area contributed by atoms with E-state index in [1.165, 1.54) is 0 Å². The van der Waals surface area contributed by atoms with Gasteiger partial charge >= 0.3 is 5.97 Å². The van der Waals surface area contributed by atoms with Crippen molar-refractivity contribution in [2.24, 2.45) is 0 Å². The number of aliphatic carboxylic acids is 1. The summed E-state index contributed by atoms with van der Waals surface area (Å²) in [5.41, 5.74) is 3.62. The van der Waals surface area contributed by atoms with Gasteiger partial charge in [0.2, 0.25) is 5.95 Å². The molecule has 162 valence electrons. The number of hydrogen-bond acceptors (Lipinski definition) is 5. The maximum Gasteiger partial charge on any atom is 0.325 e. The van der Waals surface area contributed by atoms with Crippen molar-refractivity contribution in [3.63, 3.8) is 0 Å². The summed E-state index contributed by atoms with van der Waals surface area (Å²) in [6.07, 6.45) is 4.32. The van der Waals surface area contributed by atoms with E-state index in [1.807, 2.05) is 54.6 Å². The van der Waals surface area contributed by atoms with Gasteiger partial charge < -0.3 is 15.0 Å². The first kappa shape index (κ1) is 20.2. The number of carbonyl (C=O) groups is 1. The molecule has 0 spiro atoms. The minimum absolute atomic E-state index is 0.614. The number of benzene rings is 2. The van der Waals surface area contributed by atoms with E-state index in [0.717, 1.165) is 40.7 Å². The molecule has 4 aromatic rings. The van der Waals surface area contributed by atoms with Crippen molar-refractivity contribution in [3.05, 3.63) is 78.6 Å². The van der Waals surface area contributed by atoms with Crippen molar-refractivity contribution in [1.29, 1.82) is 0 Å². The third-order valence-electron chi connectivity index (χ3n) is 6.05. The number of aromatic amines is 1. The van der Waals surface area contributed by atoms with Gasteiger partial charge in [-0.05, 0) is 24.1 Å². The highest BCUT2D eigenvalue weighted by Gasteiger charge is 2.34. The van der Waals surface area contributed by atoms with Crippen molar-refractivity contribution in [1.82, 2.24) is 19.9 Å². The maximum absolute atomic E-state index is 12.7. The molecule has 0 bridgehead atoms. The van der Waals surface area contributed by atoms with Crippen LogP contribution in [0.15, 0.2) is 73.1 Å². The number of para-hydroxylation sites is 1. The molecule has 0 aliphatic carbocycles. The van der Waals surface area contributed by atoms with Crippen molar-refractivity contribution in [2.45, 2.75) is 12.5 Å². The number of carboxylic acid groups (broad SMARTS) is 1. The average molecular weight is 428 g/mol. The minimum Gasteiger partial charge on any atom is -0.480 e. The average Bonchev–Trinajstić information content (AvgIpc) is 3.03. The van der Waals surface area contributed by atoms with Gasteiger partial charge in [0.25, 0.3) is 0 Å². The molecule has 32 heavy (non-hydrogen) atoms. The zero-order valence-electron chi connectivity index (χ0n) is 17.7. The molecule has 1 atom stereocenters. The summed E-state index contributed by atoms with van der Waals surface area (Å²) in [4.78, 5) is 29.1. The largest absolute Gasteiger partial charge is 0.480 e. The Balaban J connectivity index is 1.54. The van der Waals surface area contributed by atoms with Gasteiger partial charge in [0.15, 0.2) is 0 Å². The van der Waals surface area contributed by atoms with E-state index in [4.69, 9.17) is 0 Å². The number of anilines is 1. The van der Waals surface area contributed by atoms with Gasteiger partial charge in [0.05, 0.1) is 5.69 Å². The van der Waals surface area contributed by atoms with E-state index >= 15 is 0 Å². The Labute approximate surface area is 186 Å². The number of hydrogen-bond donors (Lipinski definition) is 2. The fourth-order valence-corrected chi connectivity index (χ4v) is 4.59. The SMILES string of the molecule is O=C(O)[C@@H](c1c(-c2ccccc2)[nH]c2ccccc12)N1CCCN(c2ncccn2)CC1. The lowest BCUT2D eigenvalue weighted by molar-refractivity contribution is -0.143. The monoisotopic (exact) mass is 427 g/mol. The maximum atomic E-state index is 12.7. The predicted octanol–water partition coefficient (Wildman–Crippen LogP) is 3.96. The topological polar surface area (TPSA) is 85.4 Å². The summed E-state index contributed by atoms with van der Waals surface area (Å²) < 4.78 is 0. The summed E-state index contributed by atoms with van der Waals surface area (Å²) in [6, 6.07) is 18.9. The van der Waals surface area contributed by atoms with Crippen LogP contribution in [0.4, 0.5) is 5.95 Å². The first-order valence-electron chi connectivity index (χ1n) is 10.9. The number of nitrogens with one attached hydrogen (secondary N) is 1. The van der Waals surface area contributed by atoms with Crippen LogP contribution < -0.4 is 4.90 Å². The van der Waals surface area contributed by atoms with E-state index in [1.54, 1.807) is 18.5 Å². The Hall–Kier alpha value is -3.71. The molecule has 1 aliphatic heterocycles. The summed E-state index contributed by atoms with van der Waals surface area (Å²) >= 11 is 0. The van der Waals surface area contributed by atoms with Crippen molar-refractivity contribution in [2.75, 3.05) is 31.1 Å². The quantitative estimate of drug-likeness (QED) is 0.501. The first-order valence-corrected chi connectivity index (χ1v) is 10.9. The van der Waals surface area contributed by atoms with Crippen LogP contribution >= 0.6 is 0 Å². The summed E-state index contributed by atoms with van der Waals surface area (Å²) in [7, 11) is 0. The summed E-state index contributed by atoms with van der Waals surface area (Å²) in [5, 5.41) is 11.4. The van der Waals surface area contributed by atoms with Gasteiger partial charge in [-0.3, -0.25) is 9.69 Å². The Morgan fingerprint density at radius 1 is 0.906 bits per heavy atom. The number of fused-ring (bicyclic) bond motifs is 1. The molecule has 0 saturated carbocycles. The first-order chi connectivity index (χ1) is 15.7. The van der Waals surface area contributed by atoms with E-state index in [2.05, 4.69) is 24.8 Å². The summed E-state index contributed by atoms with van der Waals surface area (Å²) in [5.74, 6) is -0.144. The molecular formula is C25H25N5O2. The van der Waals surface area contributed by atoms with E-state index in [0.29, 0.717) is 25.6 Å². The number of nitrogens with zero attached hydrogens (tertiary/aromatic N) is 4. The Bertz CT molecular complexity index is 1210. The fourth-order valence-electron chi connectivity index (χ4n) is 4.59. The molecule has 2 aromatic heterocycles. The number of rotatable bonds is 5. The fraction of sp³-hybridized carbons (Fsp3) is 0.240. The van der Waals surface area contributed by atoms with Crippen LogP contribution in [0.1, 0.15) is 18.0 Å². The minimum atomic E-state index is -0.837. The van der Waals surface area contributed by atoms with Gasteiger partial charge in [-0.15, -0.1) is 0 Å². The molecule has 3 heterocycles. The Kier molecular flexibility index (Phi) is 5.56. The molecule has 1 fully saturated rings. The van der Waals surface area contributed by atoms with Crippen LogP contribution in [0, 0.1) is 0 Å². The molecule has 0 amide bonds. The van der Waals surface area contributed by atoms with Crippen LogP contribution in [0.2, 0.25) is 0 Å². The number of aromatic nitrogens is 3. The highest BCUT2D eigenvalue weighted by molar-refractivity contribution is 5.95. The number of carboxylic acids is 1. The molecule has 2 aromatic carbocycles. The molecule has 1 saturated heterocycles. The molecule has 7 nitrogen and oxygen atoms in total. The molecule has 7 heteroatoms. The van der Waals surface area contributed by atoms with E-state index in [-0.39, 0.29) is 0 Å². The number of H-pyrrole nitrogens is 1. The smallest absolute Gasteiger partial charge is 0.325 e. The van der Waals surface area contributed by atoms with Gasteiger partial charge in [0, 0.05) is 55.0 Å². The molecule has 5 rings (SSSR count). The molecular weight excluding hydrogens is 402 g/mol. The normalized spacial score (nSPS) is 16.1. The zero-order valence-corrected chi connectivity index (χ0v) is 17.7. The second-order valence-electron chi connectivity index (χ2n) is 7.99.